The molecule has 2 heterocycles. The fraction of sp³-hybridized carbons (Fsp3) is 0.136. The zero-order valence-corrected chi connectivity index (χ0v) is 18.6. The number of Topliss-reactive ketones (excluding diaryl/α,β-unsaturated/α-hetero) is 1. The highest BCUT2D eigenvalue weighted by atomic mass is 32.2. The number of aromatic nitrogens is 3. The Hall–Kier alpha value is -3.50. The molecule has 0 aliphatic heterocycles. The van der Waals surface area contributed by atoms with Gasteiger partial charge in [0.25, 0.3) is 5.69 Å². The maximum absolute atomic E-state index is 12.6. The normalized spacial score (nSPS) is 10.8. The average Bonchev–Trinajstić information content (AvgIpc) is 3.48. The molecule has 0 spiro atoms. The van der Waals surface area contributed by atoms with Crippen LogP contribution in [0.15, 0.2) is 71.2 Å². The maximum Gasteiger partial charge on any atom is 0.269 e. The molecular weight excluding hydrogens is 448 g/mol. The number of thiophene rings is 1. The number of rotatable bonds is 9. The van der Waals surface area contributed by atoms with Gasteiger partial charge in [-0.15, -0.1) is 21.5 Å². The highest BCUT2D eigenvalue weighted by Gasteiger charge is 2.19. The molecular formula is C22H18N4O4S2. The van der Waals surface area contributed by atoms with Crippen LogP contribution in [0.4, 0.5) is 5.69 Å². The molecule has 4 aromatic rings. The van der Waals surface area contributed by atoms with Crippen molar-refractivity contribution in [1.29, 1.82) is 0 Å². The molecule has 4 rings (SSSR count). The van der Waals surface area contributed by atoms with Crippen molar-refractivity contribution in [3.05, 3.63) is 81.7 Å². The van der Waals surface area contributed by atoms with E-state index in [1.807, 2.05) is 53.3 Å². The van der Waals surface area contributed by atoms with E-state index in [4.69, 9.17) is 4.74 Å². The van der Waals surface area contributed by atoms with Crippen molar-refractivity contribution >= 4 is 34.6 Å². The summed E-state index contributed by atoms with van der Waals surface area (Å²) in [5.74, 6) is 1.43. The van der Waals surface area contributed by atoms with Crippen LogP contribution < -0.4 is 4.74 Å². The van der Waals surface area contributed by atoms with Crippen molar-refractivity contribution < 1.29 is 14.5 Å². The van der Waals surface area contributed by atoms with Crippen LogP contribution in [0.1, 0.15) is 17.3 Å². The number of thioether (sulfide) groups is 1. The molecule has 0 N–H and O–H groups in total. The van der Waals surface area contributed by atoms with Gasteiger partial charge in [-0.25, -0.2) is 0 Å². The summed E-state index contributed by atoms with van der Waals surface area (Å²) >= 11 is 2.82. The molecule has 0 radical (unpaired) electrons. The second-order valence-corrected chi connectivity index (χ2v) is 8.45. The number of carbonyl (C=O) groups excluding carboxylic acids is 1. The number of nitro benzene ring substituents is 1. The smallest absolute Gasteiger partial charge is 0.269 e. The van der Waals surface area contributed by atoms with Gasteiger partial charge in [-0.2, -0.15) is 0 Å². The molecule has 0 saturated heterocycles. The predicted octanol–water partition coefficient (Wildman–Crippen LogP) is 5.28. The lowest BCUT2D eigenvalue weighted by Gasteiger charge is -2.10. The molecule has 0 unspecified atom stereocenters. The maximum atomic E-state index is 12.6. The highest BCUT2D eigenvalue weighted by molar-refractivity contribution is 7.99. The Kier molecular flexibility index (Phi) is 6.62. The van der Waals surface area contributed by atoms with Crippen molar-refractivity contribution in [2.45, 2.75) is 12.1 Å². The van der Waals surface area contributed by atoms with Crippen LogP contribution in [-0.4, -0.2) is 37.8 Å². The molecule has 0 aliphatic carbocycles. The Morgan fingerprint density at radius 2 is 1.88 bits per heavy atom. The van der Waals surface area contributed by atoms with Crippen LogP contribution in [0.25, 0.3) is 16.4 Å². The second-order valence-electron chi connectivity index (χ2n) is 6.56. The van der Waals surface area contributed by atoms with E-state index in [-0.39, 0.29) is 17.2 Å². The lowest BCUT2D eigenvalue weighted by Crippen LogP contribution is -2.05. The van der Waals surface area contributed by atoms with Crippen LogP contribution in [-0.2, 0) is 0 Å². The lowest BCUT2D eigenvalue weighted by molar-refractivity contribution is -0.384. The van der Waals surface area contributed by atoms with Crippen molar-refractivity contribution in [3.63, 3.8) is 0 Å². The standard InChI is InChI=1S/C22H18N4O4S2/c1-2-30-18-11-9-16(10-12-18)25-21(20-4-3-13-31-20)23-24-22(25)32-14-19(27)15-5-7-17(8-6-15)26(28)29/h3-13H,2,14H2,1H3. The van der Waals surface area contributed by atoms with Gasteiger partial charge in [0.05, 0.1) is 27.8 Å². The zero-order valence-electron chi connectivity index (χ0n) is 17.0. The number of benzene rings is 2. The first-order chi connectivity index (χ1) is 15.6. The Bertz CT molecular complexity index is 1220. The quantitative estimate of drug-likeness (QED) is 0.143. The minimum Gasteiger partial charge on any atom is -0.494 e. The van der Waals surface area contributed by atoms with Crippen LogP contribution in [0.5, 0.6) is 5.75 Å². The fourth-order valence-electron chi connectivity index (χ4n) is 3.00. The van der Waals surface area contributed by atoms with Crippen LogP contribution in [0.3, 0.4) is 0 Å². The average molecular weight is 467 g/mol. The van der Waals surface area contributed by atoms with Crippen LogP contribution in [0.2, 0.25) is 0 Å². The van der Waals surface area contributed by atoms with E-state index in [0.29, 0.717) is 23.2 Å². The molecule has 162 valence electrons. The summed E-state index contributed by atoms with van der Waals surface area (Å²) in [6.07, 6.45) is 0. The minimum absolute atomic E-state index is 0.0509. The van der Waals surface area contributed by atoms with E-state index >= 15 is 0 Å². The molecule has 2 aromatic carbocycles. The molecule has 0 fully saturated rings. The Labute approximate surface area is 192 Å². The third-order valence-electron chi connectivity index (χ3n) is 4.51. The van der Waals surface area contributed by atoms with Gasteiger partial charge in [0.2, 0.25) is 0 Å². The van der Waals surface area contributed by atoms with Crippen molar-refractivity contribution in [2.75, 3.05) is 12.4 Å². The number of carbonyl (C=O) groups is 1. The first kappa shape index (κ1) is 21.7. The van der Waals surface area contributed by atoms with E-state index in [2.05, 4.69) is 10.2 Å². The second kappa shape index (κ2) is 9.75. The molecule has 0 saturated carbocycles. The van der Waals surface area contributed by atoms with Crippen LogP contribution in [0, 0.1) is 10.1 Å². The van der Waals surface area contributed by atoms with Gasteiger partial charge in [0, 0.05) is 17.7 Å². The van der Waals surface area contributed by atoms with Gasteiger partial charge in [-0.05, 0) is 54.8 Å². The monoisotopic (exact) mass is 466 g/mol. The predicted molar refractivity (Wildman–Crippen MR) is 124 cm³/mol. The third kappa shape index (κ3) is 4.71. The van der Waals surface area contributed by atoms with Crippen molar-refractivity contribution in [3.8, 4) is 22.1 Å². The molecule has 32 heavy (non-hydrogen) atoms. The number of hydrogen-bond acceptors (Lipinski definition) is 8. The summed E-state index contributed by atoms with van der Waals surface area (Å²) in [5, 5.41) is 22.0. The summed E-state index contributed by atoms with van der Waals surface area (Å²) in [7, 11) is 0. The highest BCUT2D eigenvalue weighted by Crippen LogP contribution is 2.31. The SMILES string of the molecule is CCOc1ccc(-n2c(SCC(=O)c3ccc([N+](=O)[O-])cc3)nnc2-c2cccs2)cc1. The lowest BCUT2D eigenvalue weighted by atomic mass is 10.1. The van der Waals surface area contributed by atoms with Crippen molar-refractivity contribution in [1.82, 2.24) is 14.8 Å². The van der Waals surface area contributed by atoms with E-state index in [1.165, 1.54) is 36.0 Å². The molecule has 0 aliphatic rings. The summed E-state index contributed by atoms with van der Waals surface area (Å²) in [6.45, 7) is 2.51. The van der Waals surface area contributed by atoms with Crippen LogP contribution >= 0.6 is 23.1 Å². The number of nitro groups is 1. The van der Waals surface area contributed by atoms with Gasteiger partial charge in [0.1, 0.15) is 5.75 Å². The summed E-state index contributed by atoms with van der Waals surface area (Å²) in [4.78, 5) is 23.9. The van der Waals surface area contributed by atoms with Gasteiger partial charge >= 0.3 is 0 Å². The largest absolute Gasteiger partial charge is 0.494 e. The zero-order chi connectivity index (χ0) is 22.5. The first-order valence-corrected chi connectivity index (χ1v) is 11.6. The molecule has 10 heteroatoms. The van der Waals surface area contributed by atoms with Gasteiger partial charge in [-0.1, -0.05) is 17.8 Å². The fourth-order valence-corrected chi connectivity index (χ4v) is 4.55. The minimum atomic E-state index is -0.492. The first-order valence-electron chi connectivity index (χ1n) is 9.70. The van der Waals surface area contributed by atoms with Gasteiger partial charge < -0.3 is 4.74 Å². The Balaban J connectivity index is 1.59. The van der Waals surface area contributed by atoms with E-state index in [0.717, 1.165) is 16.3 Å². The van der Waals surface area contributed by atoms with E-state index in [9.17, 15) is 14.9 Å². The molecule has 0 amide bonds. The number of ketones is 1. The summed E-state index contributed by atoms with van der Waals surface area (Å²) < 4.78 is 7.44. The number of nitrogens with zero attached hydrogens (tertiary/aromatic N) is 4. The number of ether oxygens (including phenoxy) is 1. The molecule has 0 atom stereocenters. The summed E-state index contributed by atoms with van der Waals surface area (Å²) in [5.41, 5.74) is 1.21. The summed E-state index contributed by atoms with van der Waals surface area (Å²) in [6, 6.07) is 17.1. The topological polar surface area (TPSA) is 100 Å². The number of non-ortho nitro benzene ring substituents is 1. The van der Waals surface area contributed by atoms with Crippen molar-refractivity contribution in [2.24, 2.45) is 0 Å². The molecule has 2 aromatic heterocycles. The molecule has 0 bridgehead atoms. The molecule has 8 nitrogen and oxygen atoms in total. The third-order valence-corrected chi connectivity index (χ3v) is 6.31. The Morgan fingerprint density at radius 3 is 2.50 bits per heavy atom. The van der Waals surface area contributed by atoms with E-state index < -0.39 is 4.92 Å². The van der Waals surface area contributed by atoms with E-state index in [1.54, 1.807) is 11.3 Å². The Morgan fingerprint density at radius 1 is 1.12 bits per heavy atom. The van der Waals surface area contributed by atoms with Gasteiger partial charge in [0.15, 0.2) is 16.8 Å². The number of hydrogen-bond donors (Lipinski definition) is 0. The van der Waals surface area contributed by atoms with Gasteiger partial charge in [-0.3, -0.25) is 19.5 Å².